The second-order valence-electron chi connectivity index (χ2n) is 4.01. The molecule has 0 saturated heterocycles. The van der Waals surface area contributed by atoms with Crippen molar-refractivity contribution < 1.29 is 13.2 Å². The summed E-state index contributed by atoms with van der Waals surface area (Å²) >= 11 is 0. The van der Waals surface area contributed by atoms with Gasteiger partial charge >= 0.3 is 6.18 Å². The van der Waals surface area contributed by atoms with Gasteiger partial charge in [0.15, 0.2) is 0 Å². The molecule has 0 aliphatic carbocycles. The van der Waals surface area contributed by atoms with Crippen LogP contribution in [0.3, 0.4) is 0 Å². The zero-order chi connectivity index (χ0) is 11.2. The van der Waals surface area contributed by atoms with Gasteiger partial charge in [0.2, 0.25) is 0 Å². The lowest BCUT2D eigenvalue weighted by Gasteiger charge is -2.22. The fourth-order valence-corrected chi connectivity index (χ4v) is 1.40. The van der Waals surface area contributed by atoms with Gasteiger partial charge in [-0.25, -0.2) is 0 Å². The highest BCUT2D eigenvalue weighted by Gasteiger charge is 2.26. The zero-order valence-electron chi connectivity index (χ0n) is 9.19. The molecule has 0 N–H and O–H groups in total. The van der Waals surface area contributed by atoms with E-state index in [2.05, 4.69) is 18.7 Å². The summed E-state index contributed by atoms with van der Waals surface area (Å²) in [5, 5.41) is 0. The van der Waals surface area contributed by atoms with Crippen molar-refractivity contribution in [3.63, 3.8) is 0 Å². The molecule has 0 atom stereocenters. The highest BCUT2D eigenvalue weighted by Crippen LogP contribution is 2.21. The second-order valence-corrected chi connectivity index (χ2v) is 4.01. The molecular weight excluding hydrogens is 191 g/mol. The predicted molar refractivity (Wildman–Crippen MR) is 52.2 cm³/mol. The van der Waals surface area contributed by atoms with Crippen LogP contribution in [-0.2, 0) is 0 Å². The molecule has 0 aliphatic rings. The summed E-state index contributed by atoms with van der Waals surface area (Å²) < 4.78 is 35.6. The van der Waals surface area contributed by atoms with Crippen molar-refractivity contribution in [3.8, 4) is 0 Å². The Balaban J connectivity index is 3.63. The van der Waals surface area contributed by atoms with Crippen LogP contribution in [0.15, 0.2) is 0 Å². The van der Waals surface area contributed by atoms with Gasteiger partial charge in [-0.1, -0.05) is 20.8 Å². The lowest BCUT2D eigenvalue weighted by Crippen LogP contribution is -2.29. The summed E-state index contributed by atoms with van der Waals surface area (Å²) in [4.78, 5) is 2.07. The summed E-state index contributed by atoms with van der Waals surface area (Å²) in [7, 11) is 0. The van der Waals surface area contributed by atoms with Gasteiger partial charge < -0.3 is 4.90 Å². The molecule has 0 amide bonds. The van der Waals surface area contributed by atoms with E-state index in [9.17, 15) is 13.2 Å². The first-order valence-corrected chi connectivity index (χ1v) is 5.14. The third-order valence-corrected chi connectivity index (χ3v) is 2.01. The molecule has 0 aromatic carbocycles. The molecule has 4 heteroatoms. The summed E-state index contributed by atoms with van der Waals surface area (Å²) in [6.07, 6.45) is -4.46. The van der Waals surface area contributed by atoms with E-state index >= 15 is 0 Å². The molecule has 86 valence electrons. The molecule has 0 aliphatic heterocycles. The van der Waals surface area contributed by atoms with Gasteiger partial charge in [0.25, 0.3) is 0 Å². The van der Waals surface area contributed by atoms with E-state index in [0.717, 1.165) is 13.1 Å². The third-order valence-electron chi connectivity index (χ3n) is 2.01. The molecule has 0 fully saturated rings. The Morgan fingerprint density at radius 3 is 2.14 bits per heavy atom. The zero-order valence-corrected chi connectivity index (χ0v) is 9.19. The van der Waals surface area contributed by atoms with E-state index in [4.69, 9.17) is 0 Å². The van der Waals surface area contributed by atoms with Crippen LogP contribution in [0.4, 0.5) is 13.2 Å². The van der Waals surface area contributed by atoms with Crippen molar-refractivity contribution in [1.29, 1.82) is 0 Å². The fraction of sp³-hybridized carbons (Fsp3) is 1.00. The molecule has 0 saturated carbocycles. The van der Waals surface area contributed by atoms with Crippen molar-refractivity contribution in [3.05, 3.63) is 0 Å². The largest absolute Gasteiger partial charge is 0.389 e. The molecule has 1 nitrogen and oxygen atoms in total. The third kappa shape index (κ3) is 8.35. The molecule has 0 aromatic heterocycles. The Kier molecular flexibility index (Phi) is 6.16. The molecule has 0 unspecified atom stereocenters. The minimum absolute atomic E-state index is 0.212. The van der Waals surface area contributed by atoms with Gasteiger partial charge in [0.1, 0.15) is 0 Å². The van der Waals surface area contributed by atoms with Crippen LogP contribution in [0.5, 0.6) is 0 Å². The first-order chi connectivity index (χ1) is 6.35. The van der Waals surface area contributed by atoms with Crippen molar-refractivity contribution in [2.45, 2.75) is 39.8 Å². The standard InChI is InChI=1S/C10H20F3N/c1-4-14(8-9(2)3)7-5-6-10(11,12)13/h9H,4-8H2,1-3H3. The smallest absolute Gasteiger partial charge is 0.303 e. The van der Waals surface area contributed by atoms with E-state index in [1.807, 2.05) is 6.92 Å². The lowest BCUT2D eigenvalue weighted by molar-refractivity contribution is -0.136. The molecule has 0 heterocycles. The molecule has 0 aromatic rings. The minimum atomic E-state index is -4.00. The Labute approximate surface area is 84.3 Å². The number of hydrogen-bond acceptors (Lipinski definition) is 1. The van der Waals surface area contributed by atoms with Crippen molar-refractivity contribution in [1.82, 2.24) is 4.90 Å². The maximum absolute atomic E-state index is 11.9. The van der Waals surface area contributed by atoms with Crippen LogP contribution in [-0.4, -0.2) is 30.7 Å². The highest BCUT2D eigenvalue weighted by molar-refractivity contribution is 4.60. The van der Waals surface area contributed by atoms with Crippen LogP contribution < -0.4 is 0 Å². The SMILES string of the molecule is CCN(CCCC(F)(F)F)CC(C)C. The number of halogens is 3. The first-order valence-electron chi connectivity index (χ1n) is 5.14. The van der Waals surface area contributed by atoms with Gasteiger partial charge in [-0.15, -0.1) is 0 Å². The lowest BCUT2D eigenvalue weighted by atomic mass is 10.2. The Hall–Kier alpha value is -0.250. The molecule has 14 heavy (non-hydrogen) atoms. The van der Waals surface area contributed by atoms with Gasteiger partial charge in [-0.3, -0.25) is 0 Å². The Bertz CT molecular complexity index is 143. The molecule has 0 bridgehead atoms. The van der Waals surface area contributed by atoms with E-state index in [1.165, 1.54) is 0 Å². The average molecular weight is 211 g/mol. The first kappa shape index (κ1) is 13.8. The fourth-order valence-electron chi connectivity index (χ4n) is 1.40. The highest BCUT2D eigenvalue weighted by atomic mass is 19.4. The summed E-state index contributed by atoms with van der Waals surface area (Å²) in [5.74, 6) is 0.515. The van der Waals surface area contributed by atoms with Crippen molar-refractivity contribution >= 4 is 0 Å². The summed E-state index contributed by atoms with van der Waals surface area (Å²) in [6.45, 7) is 8.40. The number of nitrogens with zero attached hydrogens (tertiary/aromatic N) is 1. The topological polar surface area (TPSA) is 3.24 Å². The quantitative estimate of drug-likeness (QED) is 0.651. The molecule has 0 rings (SSSR count). The number of rotatable bonds is 6. The Morgan fingerprint density at radius 2 is 1.79 bits per heavy atom. The van der Waals surface area contributed by atoms with Crippen LogP contribution >= 0.6 is 0 Å². The van der Waals surface area contributed by atoms with Gasteiger partial charge in [0.05, 0.1) is 0 Å². The van der Waals surface area contributed by atoms with Gasteiger partial charge in [0, 0.05) is 13.0 Å². The molecule has 0 spiro atoms. The van der Waals surface area contributed by atoms with E-state index in [-0.39, 0.29) is 6.42 Å². The number of alkyl halides is 3. The van der Waals surface area contributed by atoms with Crippen molar-refractivity contribution in [2.75, 3.05) is 19.6 Å². The van der Waals surface area contributed by atoms with Gasteiger partial charge in [-0.05, 0) is 25.4 Å². The Morgan fingerprint density at radius 1 is 1.21 bits per heavy atom. The molecular formula is C10H20F3N. The predicted octanol–water partition coefficient (Wildman–Crippen LogP) is 3.31. The monoisotopic (exact) mass is 211 g/mol. The van der Waals surface area contributed by atoms with Crippen molar-refractivity contribution in [2.24, 2.45) is 5.92 Å². The normalized spacial score (nSPS) is 12.9. The van der Waals surface area contributed by atoms with Gasteiger partial charge in [-0.2, -0.15) is 13.2 Å². The molecule has 0 radical (unpaired) electrons. The van der Waals surface area contributed by atoms with E-state index in [0.29, 0.717) is 12.5 Å². The van der Waals surface area contributed by atoms with E-state index in [1.54, 1.807) is 0 Å². The van der Waals surface area contributed by atoms with Crippen LogP contribution in [0, 0.1) is 5.92 Å². The number of hydrogen-bond donors (Lipinski definition) is 0. The maximum atomic E-state index is 11.9. The second kappa shape index (κ2) is 6.27. The summed E-state index contributed by atoms with van der Waals surface area (Å²) in [6, 6.07) is 0. The van der Waals surface area contributed by atoms with E-state index < -0.39 is 12.6 Å². The maximum Gasteiger partial charge on any atom is 0.389 e. The van der Waals surface area contributed by atoms with Crippen LogP contribution in [0.1, 0.15) is 33.6 Å². The summed E-state index contributed by atoms with van der Waals surface area (Å²) in [5.41, 5.74) is 0. The van der Waals surface area contributed by atoms with Crippen LogP contribution in [0.25, 0.3) is 0 Å². The average Bonchev–Trinajstić information content (AvgIpc) is 1.99. The van der Waals surface area contributed by atoms with Crippen LogP contribution in [0.2, 0.25) is 0 Å². The minimum Gasteiger partial charge on any atom is -0.303 e.